The van der Waals surface area contributed by atoms with E-state index in [2.05, 4.69) is 10.1 Å². The lowest BCUT2D eigenvalue weighted by atomic mass is 9.94. The van der Waals surface area contributed by atoms with Crippen LogP contribution in [0.3, 0.4) is 0 Å². The van der Waals surface area contributed by atoms with E-state index in [9.17, 15) is 13.2 Å². The molecule has 0 bridgehead atoms. The molecule has 1 aromatic rings. The SMILES string of the molecule is N=C(N)N1CCC[C@H]1C1=NC(c2ccc(CCC3CCCC3)c(C(F)(F)F)c2)=NOC1. The van der Waals surface area contributed by atoms with Crippen LogP contribution in [0.15, 0.2) is 28.3 Å². The van der Waals surface area contributed by atoms with Crippen LogP contribution in [-0.4, -0.2) is 41.6 Å². The molecule has 0 unspecified atom stereocenters. The first-order valence-electron chi connectivity index (χ1n) is 10.9. The van der Waals surface area contributed by atoms with Gasteiger partial charge in [0.05, 0.1) is 17.3 Å². The number of aryl methyl sites for hydroxylation is 1. The number of amidine groups is 1. The van der Waals surface area contributed by atoms with Crippen LogP contribution in [0.4, 0.5) is 13.2 Å². The number of nitrogens with one attached hydrogen (secondary N) is 1. The average Bonchev–Trinajstić information content (AvgIpc) is 3.43. The van der Waals surface area contributed by atoms with E-state index in [4.69, 9.17) is 16.0 Å². The van der Waals surface area contributed by atoms with Gasteiger partial charge in [-0.05, 0) is 43.2 Å². The van der Waals surface area contributed by atoms with Gasteiger partial charge in [0.15, 0.2) is 18.4 Å². The Morgan fingerprint density at radius 2 is 1.97 bits per heavy atom. The molecular formula is C22H28F3N5O. The van der Waals surface area contributed by atoms with Crippen LogP contribution in [0.5, 0.6) is 0 Å². The lowest BCUT2D eigenvalue weighted by Gasteiger charge is -2.27. The second-order valence-corrected chi connectivity index (χ2v) is 8.59. The quantitative estimate of drug-likeness (QED) is 0.533. The minimum Gasteiger partial charge on any atom is -0.388 e. The zero-order chi connectivity index (χ0) is 22.0. The summed E-state index contributed by atoms with van der Waals surface area (Å²) in [4.78, 5) is 11.5. The molecule has 1 saturated carbocycles. The third-order valence-corrected chi connectivity index (χ3v) is 6.53. The van der Waals surface area contributed by atoms with Gasteiger partial charge in [-0.15, -0.1) is 0 Å². The third-order valence-electron chi connectivity index (χ3n) is 6.53. The summed E-state index contributed by atoms with van der Waals surface area (Å²) >= 11 is 0. The fourth-order valence-corrected chi connectivity index (χ4v) is 4.89. The van der Waals surface area contributed by atoms with Crippen LogP contribution in [0.1, 0.15) is 61.6 Å². The van der Waals surface area contributed by atoms with E-state index >= 15 is 0 Å². The van der Waals surface area contributed by atoms with Gasteiger partial charge in [0.25, 0.3) is 0 Å². The number of aliphatic imine (C=N–C) groups is 1. The van der Waals surface area contributed by atoms with Crippen molar-refractivity contribution in [1.29, 1.82) is 5.41 Å². The summed E-state index contributed by atoms with van der Waals surface area (Å²) in [5, 5.41) is 11.6. The molecule has 0 radical (unpaired) electrons. The zero-order valence-corrected chi connectivity index (χ0v) is 17.4. The first kappa shape index (κ1) is 21.6. The number of nitrogens with two attached hydrogens (primary N) is 1. The molecule has 3 aliphatic rings. The molecule has 1 aliphatic carbocycles. The Hall–Kier alpha value is -2.58. The van der Waals surface area contributed by atoms with Crippen LogP contribution in [0.25, 0.3) is 0 Å². The maximum Gasteiger partial charge on any atom is 0.416 e. The summed E-state index contributed by atoms with van der Waals surface area (Å²) < 4.78 is 41.4. The number of likely N-dealkylation sites (tertiary alicyclic amines) is 1. The first-order chi connectivity index (χ1) is 14.8. The Morgan fingerprint density at radius 1 is 1.19 bits per heavy atom. The van der Waals surface area contributed by atoms with Crippen molar-refractivity contribution in [3.63, 3.8) is 0 Å². The smallest absolute Gasteiger partial charge is 0.388 e. The van der Waals surface area contributed by atoms with Gasteiger partial charge < -0.3 is 15.5 Å². The highest BCUT2D eigenvalue weighted by atomic mass is 19.4. The van der Waals surface area contributed by atoms with Crippen molar-refractivity contribution in [2.45, 2.75) is 63.6 Å². The Labute approximate surface area is 179 Å². The normalized spacial score (nSPS) is 22.3. The highest BCUT2D eigenvalue weighted by Crippen LogP contribution is 2.36. The second-order valence-electron chi connectivity index (χ2n) is 8.59. The molecule has 9 heteroatoms. The number of guanidine groups is 1. The van der Waals surface area contributed by atoms with Gasteiger partial charge in [-0.25, -0.2) is 4.99 Å². The molecule has 0 spiro atoms. The van der Waals surface area contributed by atoms with Gasteiger partial charge >= 0.3 is 6.18 Å². The van der Waals surface area contributed by atoms with E-state index in [0.29, 0.717) is 30.2 Å². The summed E-state index contributed by atoms with van der Waals surface area (Å²) in [6.07, 6.45) is 2.99. The zero-order valence-electron chi connectivity index (χ0n) is 17.4. The molecule has 0 amide bonds. The first-order valence-corrected chi connectivity index (χ1v) is 10.9. The molecular weight excluding hydrogens is 407 g/mol. The van der Waals surface area contributed by atoms with Crippen LogP contribution in [0, 0.1) is 11.3 Å². The number of halogens is 3. The predicted octanol–water partition coefficient (Wildman–Crippen LogP) is 4.32. The lowest BCUT2D eigenvalue weighted by molar-refractivity contribution is -0.138. The van der Waals surface area contributed by atoms with E-state index < -0.39 is 11.7 Å². The molecule has 2 heterocycles. The number of hydrogen-bond acceptors (Lipinski definition) is 4. The number of hydrogen-bond donors (Lipinski definition) is 2. The third kappa shape index (κ3) is 4.85. The fourth-order valence-electron chi connectivity index (χ4n) is 4.89. The molecule has 4 rings (SSSR count). The van der Waals surface area contributed by atoms with Crippen molar-refractivity contribution in [1.82, 2.24) is 4.90 Å². The van der Waals surface area contributed by atoms with Gasteiger partial charge in [-0.1, -0.05) is 43.0 Å². The van der Waals surface area contributed by atoms with Gasteiger partial charge in [0.1, 0.15) is 0 Å². The fraction of sp³-hybridized carbons (Fsp3) is 0.591. The molecule has 2 aliphatic heterocycles. The van der Waals surface area contributed by atoms with E-state index in [1.807, 2.05) is 0 Å². The van der Waals surface area contributed by atoms with Crippen LogP contribution >= 0.6 is 0 Å². The molecule has 0 aromatic heterocycles. The van der Waals surface area contributed by atoms with Crippen molar-refractivity contribution in [3.8, 4) is 0 Å². The summed E-state index contributed by atoms with van der Waals surface area (Å²) in [5.41, 5.74) is 6.27. The highest BCUT2D eigenvalue weighted by Gasteiger charge is 2.35. The molecule has 31 heavy (non-hydrogen) atoms. The summed E-state index contributed by atoms with van der Waals surface area (Å²) in [6.45, 7) is 0.795. The van der Waals surface area contributed by atoms with E-state index in [-0.39, 0.29) is 30.0 Å². The topological polar surface area (TPSA) is 87.1 Å². The number of nitrogens with zero attached hydrogens (tertiary/aromatic N) is 3. The number of alkyl halides is 3. The van der Waals surface area contributed by atoms with Crippen LogP contribution in [-0.2, 0) is 17.4 Å². The lowest BCUT2D eigenvalue weighted by Crippen LogP contribution is -2.45. The Morgan fingerprint density at radius 3 is 2.68 bits per heavy atom. The molecule has 1 atom stereocenters. The average molecular weight is 435 g/mol. The Balaban J connectivity index is 1.57. The Kier molecular flexibility index (Phi) is 6.20. The summed E-state index contributed by atoms with van der Waals surface area (Å²) in [5.74, 6) is 0.615. The maximum absolute atomic E-state index is 13.8. The molecule has 1 saturated heterocycles. The minimum absolute atomic E-state index is 0.0414. The minimum atomic E-state index is -4.44. The second kappa shape index (κ2) is 8.88. The molecule has 3 N–H and O–H groups in total. The van der Waals surface area contributed by atoms with Gasteiger partial charge in [0, 0.05) is 12.1 Å². The van der Waals surface area contributed by atoms with E-state index in [1.54, 1.807) is 17.0 Å². The van der Waals surface area contributed by atoms with Gasteiger partial charge in [-0.2, -0.15) is 13.2 Å². The van der Waals surface area contributed by atoms with Crippen molar-refractivity contribution in [3.05, 3.63) is 34.9 Å². The van der Waals surface area contributed by atoms with Crippen molar-refractivity contribution < 1.29 is 18.0 Å². The van der Waals surface area contributed by atoms with Crippen LogP contribution < -0.4 is 5.73 Å². The summed E-state index contributed by atoms with van der Waals surface area (Å²) in [7, 11) is 0. The number of benzene rings is 1. The predicted molar refractivity (Wildman–Crippen MR) is 113 cm³/mol. The number of oxime groups is 1. The standard InChI is InChI=1S/C22H28F3N5O/c23-22(24,25)17-12-16(10-9-15(17)8-7-14-4-1-2-5-14)20-28-18(13-31-29-20)19-6-3-11-30(19)21(26)27/h9-10,12,14,19H,1-8,11,13H2,(H3,26,27)/t19-/m0/s1. The van der Waals surface area contributed by atoms with Crippen LogP contribution in [0.2, 0.25) is 0 Å². The van der Waals surface area contributed by atoms with Crippen molar-refractivity contribution in [2.24, 2.45) is 21.8 Å². The molecule has 6 nitrogen and oxygen atoms in total. The number of rotatable bonds is 5. The van der Waals surface area contributed by atoms with Crippen molar-refractivity contribution >= 4 is 17.5 Å². The monoisotopic (exact) mass is 435 g/mol. The van der Waals surface area contributed by atoms with E-state index in [0.717, 1.165) is 38.2 Å². The Bertz CT molecular complexity index is 890. The van der Waals surface area contributed by atoms with Gasteiger partial charge in [0.2, 0.25) is 0 Å². The van der Waals surface area contributed by atoms with Crippen molar-refractivity contribution in [2.75, 3.05) is 13.2 Å². The van der Waals surface area contributed by atoms with E-state index in [1.165, 1.54) is 12.8 Å². The maximum atomic E-state index is 13.8. The molecule has 2 fully saturated rings. The largest absolute Gasteiger partial charge is 0.416 e. The van der Waals surface area contributed by atoms with Gasteiger partial charge in [-0.3, -0.25) is 5.41 Å². The summed E-state index contributed by atoms with van der Waals surface area (Å²) in [6, 6.07) is 4.15. The highest BCUT2D eigenvalue weighted by molar-refractivity contribution is 6.10. The molecule has 168 valence electrons. The molecule has 1 aromatic carbocycles.